The molecule has 13 heteroatoms. The summed E-state index contributed by atoms with van der Waals surface area (Å²) in [5.74, 6) is 1.44. The standard InChI is InChI=1S/C27H30N10O3/c38-16-22(21-3-1-2-7-29-21)33-24-20(26-36-35-23(40-26)15-37-11-9-28-10-12-37)14-31-27(34-24)32-18-4-5-19-17(13-18)6-8-30-25(19)39/h1-5,7,13-14,22,28,38H,6,8-12,15-16H2,(H,30,39)(H2,31,32,33,34)/t22-/m1/s1. The molecule has 5 heterocycles. The lowest BCUT2D eigenvalue weighted by Crippen LogP contribution is -2.42. The van der Waals surface area contributed by atoms with E-state index < -0.39 is 6.04 Å². The van der Waals surface area contributed by atoms with Gasteiger partial charge in [0.1, 0.15) is 5.82 Å². The summed E-state index contributed by atoms with van der Waals surface area (Å²) in [5, 5.41) is 31.4. The van der Waals surface area contributed by atoms with E-state index in [2.05, 4.69) is 46.3 Å². The van der Waals surface area contributed by atoms with Crippen molar-refractivity contribution >= 4 is 23.4 Å². The maximum absolute atomic E-state index is 12.1. The van der Waals surface area contributed by atoms with Crippen molar-refractivity contribution < 1.29 is 14.3 Å². The van der Waals surface area contributed by atoms with Crippen LogP contribution in [0.4, 0.5) is 17.5 Å². The molecule has 3 aromatic heterocycles. The molecule has 6 rings (SSSR count). The highest BCUT2D eigenvalue weighted by atomic mass is 16.4. The van der Waals surface area contributed by atoms with Crippen molar-refractivity contribution in [2.45, 2.75) is 19.0 Å². The Morgan fingerprint density at radius 3 is 2.80 bits per heavy atom. The number of aliphatic hydroxyl groups excluding tert-OH is 1. The van der Waals surface area contributed by atoms with Crippen molar-refractivity contribution in [1.29, 1.82) is 0 Å². The van der Waals surface area contributed by atoms with Gasteiger partial charge in [0, 0.05) is 56.4 Å². The molecule has 0 bridgehead atoms. The van der Waals surface area contributed by atoms with Gasteiger partial charge >= 0.3 is 0 Å². The Kier molecular flexibility index (Phi) is 7.57. The summed E-state index contributed by atoms with van der Waals surface area (Å²) < 4.78 is 6.02. The van der Waals surface area contributed by atoms with Gasteiger partial charge < -0.3 is 30.8 Å². The van der Waals surface area contributed by atoms with Crippen molar-refractivity contribution in [3.8, 4) is 11.5 Å². The summed E-state index contributed by atoms with van der Waals surface area (Å²) in [7, 11) is 0. The molecule has 0 aliphatic carbocycles. The lowest BCUT2D eigenvalue weighted by atomic mass is 10.00. The number of benzene rings is 1. The number of hydrogen-bond acceptors (Lipinski definition) is 12. The van der Waals surface area contributed by atoms with Crippen LogP contribution in [0.1, 0.15) is 33.5 Å². The molecule has 40 heavy (non-hydrogen) atoms. The number of amides is 1. The molecule has 2 aliphatic heterocycles. The first kappa shape index (κ1) is 25.8. The fraction of sp³-hybridized carbons (Fsp3) is 0.333. The van der Waals surface area contributed by atoms with Gasteiger partial charge in [-0.2, -0.15) is 4.98 Å². The monoisotopic (exact) mass is 542 g/mol. The predicted molar refractivity (Wildman–Crippen MR) is 147 cm³/mol. The summed E-state index contributed by atoms with van der Waals surface area (Å²) in [6.45, 7) is 4.60. The third-order valence-electron chi connectivity index (χ3n) is 6.88. The molecule has 13 nitrogen and oxygen atoms in total. The molecule has 1 aromatic carbocycles. The Bertz CT molecular complexity index is 1470. The molecule has 1 atom stereocenters. The number of pyridine rings is 1. The average molecular weight is 543 g/mol. The maximum atomic E-state index is 12.1. The molecular formula is C27H30N10O3. The number of carbonyl (C=O) groups is 1. The van der Waals surface area contributed by atoms with Gasteiger partial charge in [0.05, 0.1) is 30.5 Å². The molecule has 5 N–H and O–H groups in total. The number of nitrogens with one attached hydrogen (secondary N) is 4. The zero-order chi connectivity index (χ0) is 27.3. The Balaban J connectivity index is 1.29. The second kappa shape index (κ2) is 11.7. The SMILES string of the molecule is O=C1NCCc2cc(Nc3ncc(-c4nnc(CN5CCNCC5)o4)c(N[C@H](CO)c4ccccn4)n3)ccc21. The summed E-state index contributed by atoms with van der Waals surface area (Å²) in [5.41, 5.74) is 3.54. The van der Waals surface area contributed by atoms with Gasteiger partial charge in [-0.15, -0.1) is 10.2 Å². The zero-order valence-corrected chi connectivity index (χ0v) is 21.8. The van der Waals surface area contributed by atoms with E-state index in [1.54, 1.807) is 18.5 Å². The molecule has 0 saturated carbocycles. The Labute approximate surface area is 230 Å². The summed E-state index contributed by atoms with van der Waals surface area (Å²) in [4.78, 5) is 28.0. The van der Waals surface area contributed by atoms with E-state index in [-0.39, 0.29) is 18.4 Å². The van der Waals surface area contributed by atoms with Crippen molar-refractivity contribution in [1.82, 2.24) is 40.7 Å². The number of piperazine rings is 1. The van der Waals surface area contributed by atoms with Gasteiger partial charge in [-0.1, -0.05) is 6.07 Å². The quantitative estimate of drug-likeness (QED) is 0.207. The smallest absolute Gasteiger partial charge is 0.253 e. The largest absolute Gasteiger partial charge is 0.419 e. The average Bonchev–Trinajstić information content (AvgIpc) is 3.45. The lowest BCUT2D eigenvalue weighted by molar-refractivity contribution is 0.0946. The molecule has 4 aromatic rings. The summed E-state index contributed by atoms with van der Waals surface area (Å²) in [6.07, 6.45) is 4.03. The minimum atomic E-state index is -0.534. The third-order valence-corrected chi connectivity index (χ3v) is 6.88. The molecule has 2 aliphatic rings. The molecule has 1 amide bonds. The minimum Gasteiger partial charge on any atom is -0.419 e. The number of nitrogens with zero attached hydrogens (tertiary/aromatic N) is 6. The van der Waals surface area contributed by atoms with E-state index >= 15 is 0 Å². The Hall–Kier alpha value is -4.46. The number of aromatic nitrogens is 5. The number of aliphatic hydroxyl groups is 1. The first-order chi connectivity index (χ1) is 19.7. The topological polar surface area (TPSA) is 166 Å². The van der Waals surface area contributed by atoms with Crippen LogP contribution >= 0.6 is 0 Å². The van der Waals surface area contributed by atoms with Crippen LogP contribution in [0, 0.1) is 0 Å². The summed E-state index contributed by atoms with van der Waals surface area (Å²) in [6, 6.07) is 10.5. The van der Waals surface area contributed by atoms with Crippen LogP contribution in [0.3, 0.4) is 0 Å². The van der Waals surface area contributed by atoms with Crippen LogP contribution in [0.25, 0.3) is 11.5 Å². The normalized spacial score (nSPS) is 16.2. The molecule has 0 spiro atoms. The van der Waals surface area contributed by atoms with Crippen molar-refractivity contribution in [2.75, 3.05) is 50.0 Å². The van der Waals surface area contributed by atoms with Crippen LogP contribution in [-0.4, -0.2) is 80.4 Å². The molecule has 206 valence electrons. The lowest BCUT2D eigenvalue weighted by Gasteiger charge is -2.25. The van der Waals surface area contributed by atoms with E-state index in [1.165, 1.54) is 0 Å². The second-order valence-electron chi connectivity index (χ2n) is 9.62. The molecule has 0 unspecified atom stereocenters. The van der Waals surface area contributed by atoms with E-state index in [9.17, 15) is 9.90 Å². The number of carbonyl (C=O) groups excluding carboxylic acids is 1. The molecule has 1 fully saturated rings. The molecule has 0 radical (unpaired) electrons. The van der Waals surface area contributed by atoms with Gasteiger partial charge in [0.15, 0.2) is 0 Å². The van der Waals surface area contributed by atoms with E-state index in [0.717, 1.165) is 43.9 Å². The van der Waals surface area contributed by atoms with Crippen LogP contribution in [0.2, 0.25) is 0 Å². The first-order valence-electron chi connectivity index (χ1n) is 13.3. The van der Waals surface area contributed by atoms with Gasteiger partial charge in [0.2, 0.25) is 11.8 Å². The Morgan fingerprint density at radius 1 is 1.07 bits per heavy atom. The van der Waals surface area contributed by atoms with Crippen LogP contribution in [0.15, 0.2) is 53.2 Å². The maximum Gasteiger partial charge on any atom is 0.253 e. The van der Waals surface area contributed by atoms with Crippen molar-refractivity contribution in [3.05, 3.63) is 71.5 Å². The first-order valence-corrected chi connectivity index (χ1v) is 13.3. The highest BCUT2D eigenvalue weighted by Crippen LogP contribution is 2.30. The van der Waals surface area contributed by atoms with Crippen LogP contribution < -0.4 is 21.3 Å². The number of rotatable bonds is 9. The minimum absolute atomic E-state index is 0.0691. The predicted octanol–water partition coefficient (Wildman–Crippen LogP) is 1.50. The van der Waals surface area contributed by atoms with Gasteiger partial charge in [-0.25, -0.2) is 4.98 Å². The Morgan fingerprint density at radius 2 is 1.98 bits per heavy atom. The van der Waals surface area contributed by atoms with Crippen LogP contribution in [0.5, 0.6) is 0 Å². The van der Waals surface area contributed by atoms with Gasteiger partial charge in [-0.3, -0.25) is 14.7 Å². The highest BCUT2D eigenvalue weighted by Gasteiger charge is 2.22. The number of hydrogen-bond donors (Lipinski definition) is 5. The third kappa shape index (κ3) is 5.76. The summed E-state index contributed by atoms with van der Waals surface area (Å²) >= 11 is 0. The van der Waals surface area contributed by atoms with E-state index in [4.69, 9.17) is 9.40 Å². The van der Waals surface area contributed by atoms with Crippen LogP contribution in [-0.2, 0) is 13.0 Å². The number of anilines is 3. The van der Waals surface area contributed by atoms with Gasteiger partial charge in [-0.05, 0) is 42.3 Å². The van der Waals surface area contributed by atoms with Crippen molar-refractivity contribution in [3.63, 3.8) is 0 Å². The van der Waals surface area contributed by atoms with Gasteiger partial charge in [0.25, 0.3) is 11.8 Å². The fourth-order valence-corrected chi connectivity index (χ4v) is 4.79. The zero-order valence-electron chi connectivity index (χ0n) is 21.8. The highest BCUT2D eigenvalue weighted by molar-refractivity contribution is 5.97. The van der Waals surface area contributed by atoms with Crippen molar-refractivity contribution in [2.24, 2.45) is 0 Å². The van der Waals surface area contributed by atoms with E-state index in [1.807, 2.05) is 30.3 Å². The molecular weight excluding hydrogens is 512 g/mol. The fourth-order valence-electron chi connectivity index (χ4n) is 4.79. The second-order valence-corrected chi connectivity index (χ2v) is 9.62. The van der Waals surface area contributed by atoms with E-state index in [0.29, 0.717) is 47.6 Å². The molecule has 1 saturated heterocycles. The number of fused-ring (bicyclic) bond motifs is 1.